The highest BCUT2D eigenvalue weighted by atomic mass is 35.5. The van der Waals surface area contributed by atoms with Gasteiger partial charge in [-0.05, 0) is 53.6 Å². The maximum Gasteiger partial charge on any atom is 0.265 e. The number of aryl methyl sites for hydroxylation is 2. The van der Waals surface area contributed by atoms with Crippen LogP contribution in [0, 0.1) is 0 Å². The van der Waals surface area contributed by atoms with Crippen molar-refractivity contribution < 1.29 is 13.2 Å². The van der Waals surface area contributed by atoms with E-state index in [1.807, 2.05) is 24.3 Å². The highest BCUT2D eigenvalue weighted by molar-refractivity contribution is 7.92. The molecular formula is C19H16ClNO3S. The third-order valence-electron chi connectivity index (χ3n) is 4.54. The summed E-state index contributed by atoms with van der Waals surface area (Å²) in [6.45, 7) is 0. The Bertz CT molecular complexity index is 1080. The van der Waals surface area contributed by atoms with Crippen molar-refractivity contribution in [1.29, 1.82) is 0 Å². The van der Waals surface area contributed by atoms with Crippen molar-refractivity contribution in [2.75, 3.05) is 11.8 Å². The standard InChI is InChI=1S/C19H16ClNO3S/c1-24-17-10-8-14(20)11-18(17)25(22,23)21-16-9-7-13-6-5-12-3-2-4-15(16)19(12)13/h2-4,7-11,21H,5-6H2,1H3. The minimum absolute atomic E-state index is 0.0192. The summed E-state index contributed by atoms with van der Waals surface area (Å²) >= 11 is 5.98. The minimum atomic E-state index is -3.83. The lowest BCUT2D eigenvalue weighted by molar-refractivity contribution is 0.403. The zero-order valence-electron chi connectivity index (χ0n) is 13.5. The molecule has 0 atom stereocenters. The summed E-state index contributed by atoms with van der Waals surface area (Å²) < 4.78 is 33.7. The highest BCUT2D eigenvalue weighted by Crippen LogP contribution is 2.36. The summed E-state index contributed by atoms with van der Waals surface area (Å²) in [5.74, 6) is 0.253. The van der Waals surface area contributed by atoms with Gasteiger partial charge in [-0.3, -0.25) is 4.72 Å². The predicted molar refractivity (Wildman–Crippen MR) is 100 cm³/mol. The number of nitrogens with one attached hydrogen (secondary N) is 1. The molecule has 25 heavy (non-hydrogen) atoms. The number of rotatable bonds is 4. The predicted octanol–water partition coefficient (Wildman–Crippen LogP) is 4.40. The molecule has 128 valence electrons. The summed E-state index contributed by atoms with van der Waals surface area (Å²) in [6.07, 6.45) is 1.98. The van der Waals surface area contributed by atoms with Gasteiger partial charge in [0.25, 0.3) is 10.0 Å². The van der Waals surface area contributed by atoms with Crippen LogP contribution in [0.1, 0.15) is 11.1 Å². The van der Waals surface area contributed by atoms with Gasteiger partial charge in [0.05, 0.1) is 12.8 Å². The summed E-state index contributed by atoms with van der Waals surface area (Å²) in [5.41, 5.74) is 3.08. The first-order chi connectivity index (χ1) is 12.0. The molecule has 0 aliphatic heterocycles. The number of sulfonamides is 1. The highest BCUT2D eigenvalue weighted by Gasteiger charge is 2.23. The van der Waals surface area contributed by atoms with E-state index in [-0.39, 0.29) is 10.6 Å². The van der Waals surface area contributed by atoms with Gasteiger partial charge in [-0.15, -0.1) is 0 Å². The quantitative estimate of drug-likeness (QED) is 0.737. The molecule has 0 spiro atoms. The summed E-state index contributed by atoms with van der Waals surface area (Å²) in [7, 11) is -2.40. The Morgan fingerprint density at radius 1 is 1.04 bits per heavy atom. The fourth-order valence-corrected chi connectivity index (χ4v) is 4.91. The van der Waals surface area contributed by atoms with Gasteiger partial charge in [0.1, 0.15) is 10.6 Å². The summed E-state index contributed by atoms with van der Waals surface area (Å²) in [4.78, 5) is 0.0192. The van der Waals surface area contributed by atoms with Crippen LogP contribution in [0.2, 0.25) is 5.02 Å². The Hall–Kier alpha value is -2.24. The number of methoxy groups -OCH3 is 1. The molecule has 3 aromatic rings. The smallest absolute Gasteiger partial charge is 0.265 e. The molecule has 0 saturated heterocycles. The molecule has 3 aromatic carbocycles. The van der Waals surface area contributed by atoms with Crippen LogP contribution in [0.5, 0.6) is 5.75 Å². The number of halogens is 1. The fraction of sp³-hybridized carbons (Fsp3) is 0.158. The first kappa shape index (κ1) is 16.2. The number of ether oxygens (including phenoxy) is 1. The first-order valence-corrected chi connectivity index (χ1v) is 9.75. The van der Waals surface area contributed by atoms with Crippen LogP contribution in [-0.2, 0) is 22.9 Å². The fourth-order valence-electron chi connectivity index (χ4n) is 3.40. The van der Waals surface area contributed by atoms with Gasteiger partial charge < -0.3 is 4.74 Å². The molecule has 0 saturated carbocycles. The molecule has 0 radical (unpaired) electrons. The van der Waals surface area contributed by atoms with Crippen LogP contribution in [0.3, 0.4) is 0 Å². The Kier molecular flexibility index (Phi) is 3.85. The average molecular weight is 374 g/mol. The Morgan fingerprint density at radius 3 is 2.56 bits per heavy atom. The molecule has 4 nitrogen and oxygen atoms in total. The van der Waals surface area contributed by atoms with Crippen molar-refractivity contribution in [2.24, 2.45) is 0 Å². The van der Waals surface area contributed by atoms with Crippen LogP contribution in [-0.4, -0.2) is 15.5 Å². The minimum Gasteiger partial charge on any atom is -0.495 e. The van der Waals surface area contributed by atoms with Gasteiger partial charge in [-0.1, -0.05) is 35.9 Å². The number of anilines is 1. The molecule has 0 bridgehead atoms. The van der Waals surface area contributed by atoms with E-state index in [4.69, 9.17) is 16.3 Å². The van der Waals surface area contributed by atoms with Crippen LogP contribution in [0.4, 0.5) is 5.69 Å². The third-order valence-corrected chi connectivity index (χ3v) is 6.16. The summed E-state index contributed by atoms with van der Waals surface area (Å²) in [6, 6.07) is 14.3. The normalized spacial score (nSPS) is 13.2. The second-order valence-corrected chi connectivity index (χ2v) is 8.10. The zero-order chi connectivity index (χ0) is 17.6. The van der Waals surface area contributed by atoms with E-state index in [1.54, 1.807) is 12.1 Å². The van der Waals surface area contributed by atoms with Gasteiger partial charge >= 0.3 is 0 Å². The topological polar surface area (TPSA) is 55.4 Å². The molecule has 6 heteroatoms. The van der Waals surface area contributed by atoms with Gasteiger partial charge in [0, 0.05) is 10.4 Å². The zero-order valence-corrected chi connectivity index (χ0v) is 15.1. The number of hydrogen-bond donors (Lipinski definition) is 1. The first-order valence-electron chi connectivity index (χ1n) is 7.89. The van der Waals surface area contributed by atoms with E-state index in [1.165, 1.54) is 24.3 Å². The largest absolute Gasteiger partial charge is 0.495 e. The van der Waals surface area contributed by atoms with Crippen LogP contribution >= 0.6 is 11.6 Å². The van der Waals surface area contributed by atoms with Crippen molar-refractivity contribution in [3.63, 3.8) is 0 Å². The molecule has 1 aliphatic carbocycles. The van der Waals surface area contributed by atoms with E-state index in [0.29, 0.717) is 10.7 Å². The molecule has 0 fully saturated rings. The van der Waals surface area contributed by atoms with Gasteiger partial charge in [-0.25, -0.2) is 8.42 Å². The van der Waals surface area contributed by atoms with E-state index in [2.05, 4.69) is 10.8 Å². The van der Waals surface area contributed by atoms with E-state index < -0.39 is 10.0 Å². The Morgan fingerprint density at radius 2 is 1.80 bits per heavy atom. The van der Waals surface area contributed by atoms with E-state index in [9.17, 15) is 8.42 Å². The monoisotopic (exact) mass is 373 g/mol. The third kappa shape index (κ3) is 2.73. The molecule has 0 heterocycles. The van der Waals surface area contributed by atoms with Crippen LogP contribution in [0.25, 0.3) is 10.8 Å². The molecule has 1 N–H and O–H groups in total. The molecule has 4 rings (SSSR count). The molecule has 0 amide bonds. The Balaban J connectivity index is 1.83. The molecular weight excluding hydrogens is 358 g/mol. The van der Waals surface area contributed by atoms with Crippen molar-refractivity contribution >= 4 is 38.1 Å². The lowest BCUT2D eigenvalue weighted by Crippen LogP contribution is -2.14. The number of benzene rings is 3. The lowest BCUT2D eigenvalue weighted by Gasteiger charge is -2.14. The van der Waals surface area contributed by atoms with Crippen molar-refractivity contribution in [1.82, 2.24) is 0 Å². The van der Waals surface area contributed by atoms with Crippen molar-refractivity contribution in [3.8, 4) is 5.75 Å². The second-order valence-electron chi connectivity index (χ2n) is 6.01. The molecule has 0 unspecified atom stereocenters. The second kappa shape index (κ2) is 5.93. The molecule has 0 aromatic heterocycles. The Labute approximate surface area is 151 Å². The summed E-state index contributed by atoms with van der Waals surface area (Å²) in [5, 5.41) is 2.40. The SMILES string of the molecule is COc1ccc(Cl)cc1S(=O)(=O)Nc1ccc2c3c(cccc13)CC2. The van der Waals surface area contributed by atoms with Crippen molar-refractivity contribution in [2.45, 2.75) is 17.7 Å². The van der Waals surface area contributed by atoms with Crippen molar-refractivity contribution in [3.05, 3.63) is 64.7 Å². The maximum absolute atomic E-state index is 12.9. The lowest BCUT2D eigenvalue weighted by atomic mass is 10.0. The average Bonchev–Trinajstić information content (AvgIpc) is 3.02. The van der Waals surface area contributed by atoms with Crippen LogP contribution < -0.4 is 9.46 Å². The molecule has 1 aliphatic rings. The van der Waals surface area contributed by atoms with E-state index >= 15 is 0 Å². The van der Waals surface area contributed by atoms with Gasteiger partial charge in [-0.2, -0.15) is 0 Å². The van der Waals surface area contributed by atoms with E-state index in [0.717, 1.165) is 23.6 Å². The van der Waals surface area contributed by atoms with Gasteiger partial charge in [0.2, 0.25) is 0 Å². The maximum atomic E-state index is 12.9. The van der Waals surface area contributed by atoms with Crippen LogP contribution in [0.15, 0.2) is 53.4 Å². The van der Waals surface area contributed by atoms with Gasteiger partial charge in [0.15, 0.2) is 0 Å². The number of hydrogen-bond acceptors (Lipinski definition) is 3.